The van der Waals surface area contributed by atoms with Gasteiger partial charge in [-0.3, -0.25) is 0 Å². The van der Waals surface area contributed by atoms with Crippen LogP contribution in [0.4, 0.5) is 0 Å². The average Bonchev–Trinajstić information content (AvgIpc) is 2.28. The fourth-order valence-corrected chi connectivity index (χ4v) is 1.86. The van der Waals surface area contributed by atoms with Crippen LogP contribution in [0, 0.1) is 0 Å². The maximum atomic E-state index is 9.83. The highest BCUT2D eigenvalue weighted by molar-refractivity contribution is 6.31. The quantitative estimate of drug-likeness (QED) is 0.803. The Labute approximate surface area is 105 Å². The predicted molar refractivity (Wildman–Crippen MR) is 64.3 cm³/mol. The van der Waals surface area contributed by atoms with Crippen LogP contribution in [0.25, 0.3) is 0 Å². The fourth-order valence-electron chi connectivity index (χ4n) is 1.35. The van der Waals surface area contributed by atoms with Crippen molar-refractivity contribution in [2.75, 3.05) is 13.0 Å². The summed E-state index contributed by atoms with van der Waals surface area (Å²) in [5.74, 6) is 0.888. The van der Waals surface area contributed by atoms with Crippen LogP contribution in [-0.2, 0) is 0 Å². The summed E-state index contributed by atoms with van der Waals surface area (Å²) in [4.78, 5) is 0. The monoisotopic (exact) mass is 264 g/mol. The Morgan fingerprint density at radius 2 is 2.06 bits per heavy atom. The Morgan fingerprint density at radius 1 is 1.38 bits per heavy atom. The van der Waals surface area contributed by atoms with Crippen LogP contribution in [0.3, 0.4) is 0 Å². The summed E-state index contributed by atoms with van der Waals surface area (Å²) >= 11 is 11.5. The van der Waals surface area contributed by atoms with Gasteiger partial charge in [-0.05, 0) is 18.6 Å². The van der Waals surface area contributed by atoms with E-state index in [1.165, 1.54) is 7.11 Å². The molecule has 0 aliphatic heterocycles. The second kappa shape index (κ2) is 6.30. The van der Waals surface area contributed by atoms with Crippen molar-refractivity contribution in [2.24, 2.45) is 0 Å². The number of benzene rings is 1. The molecule has 0 aliphatic rings. The van der Waals surface area contributed by atoms with Gasteiger partial charge in [0.1, 0.15) is 11.9 Å². The van der Waals surface area contributed by atoms with Gasteiger partial charge in [0.05, 0.1) is 18.2 Å². The van der Waals surface area contributed by atoms with Crippen LogP contribution in [0.1, 0.15) is 18.1 Å². The molecular formula is C11H14Cl2O3. The Morgan fingerprint density at radius 3 is 2.56 bits per heavy atom. The molecule has 3 nitrogen and oxygen atoms in total. The molecule has 0 bridgehead atoms. The van der Waals surface area contributed by atoms with E-state index in [0.717, 1.165) is 0 Å². The van der Waals surface area contributed by atoms with Crippen molar-refractivity contribution in [1.82, 2.24) is 0 Å². The number of halogens is 2. The molecule has 16 heavy (non-hydrogen) atoms. The van der Waals surface area contributed by atoms with Gasteiger partial charge in [-0.25, -0.2) is 0 Å². The molecule has 0 aliphatic carbocycles. The topological polar surface area (TPSA) is 49.7 Å². The van der Waals surface area contributed by atoms with Crippen molar-refractivity contribution >= 4 is 23.2 Å². The smallest absolute Gasteiger partial charge is 0.120 e. The van der Waals surface area contributed by atoms with E-state index in [1.807, 2.05) is 0 Å². The summed E-state index contributed by atoms with van der Waals surface area (Å²) in [6, 6.07) is 4.90. The van der Waals surface area contributed by atoms with E-state index >= 15 is 0 Å². The Hall–Kier alpha value is -0.480. The predicted octanol–water partition coefficient (Wildman–Crippen LogP) is 2.37. The van der Waals surface area contributed by atoms with Crippen LogP contribution in [0.2, 0.25) is 5.02 Å². The molecule has 0 aromatic heterocycles. The van der Waals surface area contributed by atoms with E-state index < -0.39 is 12.2 Å². The third kappa shape index (κ3) is 3.25. The molecule has 0 radical (unpaired) electrons. The Bertz CT molecular complexity index is 344. The summed E-state index contributed by atoms with van der Waals surface area (Å²) < 4.78 is 4.99. The molecule has 0 saturated heterocycles. The number of alkyl halides is 1. The van der Waals surface area contributed by atoms with Crippen LogP contribution < -0.4 is 4.74 Å². The lowest BCUT2D eigenvalue weighted by Crippen LogP contribution is -2.19. The van der Waals surface area contributed by atoms with E-state index in [4.69, 9.17) is 27.9 Å². The van der Waals surface area contributed by atoms with Crippen molar-refractivity contribution in [1.29, 1.82) is 0 Å². The molecule has 2 unspecified atom stereocenters. The summed E-state index contributed by atoms with van der Waals surface area (Å²) in [5.41, 5.74) is 0.472. The zero-order valence-corrected chi connectivity index (χ0v) is 10.4. The van der Waals surface area contributed by atoms with Gasteiger partial charge in [0.25, 0.3) is 0 Å². The van der Waals surface area contributed by atoms with Gasteiger partial charge in [-0.15, -0.1) is 11.6 Å². The Kier molecular flexibility index (Phi) is 5.35. The van der Waals surface area contributed by atoms with E-state index in [0.29, 0.717) is 22.8 Å². The fraction of sp³-hybridized carbons (Fsp3) is 0.455. The minimum Gasteiger partial charge on any atom is -0.497 e. The summed E-state index contributed by atoms with van der Waals surface area (Å²) in [6.07, 6.45) is -1.63. The van der Waals surface area contributed by atoms with Crippen LogP contribution in [0.5, 0.6) is 5.75 Å². The number of methoxy groups -OCH3 is 1. The molecular weight excluding hydrogens is 251 g/mol. The summed E-state index contributed by atoms with van der Waals surface area (Å²) in [6.45, 7) is 0. The van der Waals surface area contributed by atoms with Gasteiger partial charge in [0.15, 0.2) is 0 Å². The van der Waals surface area contributed by atoms with Crippen LogP contribution >= 0.6 is 23.2 Å². The van der Waals surface area contributed by atoms with Crippen molar-refractivity contribution in [3.05, 3.63) is 28.8 Å². The second-order valence-electron chi connectivity index (χ2n) is 3.38. The van der Waals surface area contributed by atoms with Gasteiger partial charge >= 0.3 is 0 Å². The molecule has 1 aromatic rings. The van der Waals surface area contributed by atoms with Gasteiger partial charge in [-0.2, -0.15) is 0 Å². The molecule has 0 spiro atoms. The van der Waals surface area contributed by atoms with E-state index in [-0.39, 0.29) is 5.88 Å². The Balaban J connectivity index is 2.87. The zero-order chi connectivity index (χ0) is 12.1. The zero-order valence-electron chi connectivity index (χ0n) is 8.86. The molecule has 0 saturated carbocycles. The molecule has 1 aromatic carbocycles. The first-order valence-corrected chi connectivity index (χ1v) is 5.77. The first-order valence-electron chi connectivity index (χ1n) is 4.85. The maximum absolute atomic E-state index is 9.83. The third-order valence-electron chi connectivity index (χ3n) is 2.30. The lowest BCUT2D eigenvalue weighted by molar-refractivity contribution is 0.0170. The normalized spacial score (nSPS) is 14.6. The molecule has 0 heterocycles. The van der Waals surface area contributed by atoms with Gasteiger partial charge in [0.2, 0.25) is 0 Å². The highest BCUT2D eigenvalue weighted by Gasteiger charge is 2.20. The maximum Gasteiger partial charge on any atom is 0.120 e. The highest BCUT2D eigenvalue weighted by atomic mass is 35.5. The SMILES string of the molecule is COc1ccc(C(O)C(O)CCCl)c(Cl)c1. The highest BCUT2D eigenvalue weighted by Crippen LogP contribution is 2.29. The van der Waals surface area contributed by atoms with Crippen molar-refractivity contribution in [3.8, 4) is 5.75 Å². The number of ether oxygens (including phenoxy) is 1. The van der Waals surface area contributed by atoms with E-state index in [2.05, 4.69) is 0 Å². The molecule has 5 heteroatoms. The lowest BCUT2D eigenvalue weighted by atomic mass is 10.0. The number of aliphatic hydroxyl groups excluding tert-OH is 2. The van der Waals surface area contributed by atoms with Crippen LogP contribution in [-0.4, -0.2) is 29.3 Å². The average molecular weight is 265 g/mol. The van der Waals surface area contributed by atoms with Gasteiger partial charge in [0, 0.05) is 11.4 Å². The van der Waals surface area contributed by atoms with Gasteiger partial charge in [-0.1, -0.05) is 17.7 Å². The molecule has 1 rings (SSSR count). The minimum absolute atomic E-state index is 0.284. The minimum atomic E-state index is -1.03. The van der Waals surface area contributed by atoms with Crippen molar-refractivity contribution < 1.29 is 14.9 Å². The molecule has 2 atom stereocenters. The first kappa shape index (κ1) is 13.6. The van der Waals surface area contributed by atoms with Crippen molar-refractivity contribution in [3.63, 3.8) is 0 Å². The number of hydrogen-bond donors (Lipinski definition) is 2. The molecule has 90 valence electrons. The first-order chi connectivity index (χ1) is 7.60. The van der Waals surface area contributed by atoms with Gasteiger partial charge < -0.3 is 14.9 Å². The van der Waals surface area contributed by atoms with Crippen molar-refractivity contribution in [2.45, 2.75) is 18.6 Å². The second-order valence-corrected chi connectivity index (χ2v) is 4.16. The number of aliphatic hydroxyl groups is 2. The number of rotatable bonds is 5. The molecule has 0 amide bonds. The standard InChI is InChI=1S/C11H14Cl2O3/c1-16-7-2-3-8(9(13)6-7)11(15)10(14)4-5-12/h2-3,6,10-11,14-15H,4-5H2,1H3. The molecule has 0 fully saturated rings. The summed E-state index contributed by atoms with van der Waals surface area (Å²) in [7, 11) is 1.53. The third-order valence-corrected chi connectivity index (χ3v) is 2.84. The lowest BCUT2D eigenvalue weighted by Gasteiger charge is -2.18. The van der Waals surface area contributed by atoms with E-state index in [9.17, 15) is 10.2 Å². The van der Waals surface area contributed by atoms with E-state index in [1.54, 1.807) is 18.2 Å². The molecule has 2 N–H and O–H groups in total. The number of hydrogen-bond acceptors (Lipinski definition) is 3. The summed E-state index contributed by atoms with van der Waals surface area (Å²) in [5, 5.41) is 19.8. The van der Waals surface area contributed by atoms with Crippen LogP contribution in [0.15, 0.2) is 18.2 Å². The largest absolute Gasteiger partial charge is 0.497 e.